The molecule has 0 atom stereocenters. The van der Waals surface area contributed by atoms with Crippen LogP contribution in [0.1, 0.15) is 35.7 Å². The Morgan fingerprint density at radius 3 is 2.80 bits per heavy atom. The summed E-state index contributed by atoms with van der Waals surface area (Å²) in [5.74, 6) is 1.55. The van der Waals surface area contributed by atoms with E-state index in [-0.39, 0.29) is 0 Å². The summed E-state index contributed by atoms with van der Waals surface area (Å²) in [7, 11) is 1.71. The van der Waals surface area contributed by atoms with E-state index in [1.165, 1.54) is 35.0 Å². The predicted molar refractivity (Wildman–Crippen MR) is 100 cm³/mol. The molecule has 5 heteroatoms. The number of methoxy groups -OCH3 is 1. The van der Waals surface area contributed by atoms with Gasteiger partial charge in [0.25, 0.3) is 0 Å². The minimum absolute atomic E-state index is 0.644. The fourth-order valence-electron chi connectivity index (χ4n) is 3.94. The molecule has 1 aromatic carbocycles. The number of H-pyrrole nitrogens is 2. The van der Waals surface area contributed by atoms with Gasteiger partial charge >= 0.3 is 0 Å². The van der Waals surface area contributed by atoms with Gasteiger partial charge in [0.15, 0.2) is 0 Å². The Bertz CT molecular complexity index is 842. The molecule has 0 saturated carbocycles. The first-order valence-corrected chi connectivity index (χ1v) is 9.11. The number of rotatable bonds is 5. The third-order valence-corrected chi connectivity index (χ3v) is 5.39. The van der Waals surface area contributed by atoms with Crippen molar-refractivity contribution in [3.63, 3.8) is 0 Å². The molecule has 2 aromatic heterocycles. The highest BCUT2D eigenvalue weighted by molar-refractivity contribution is 5.85. The van der Waals surface area contributed by atoms with Crippen molar-refractivity contribution in [3.05, 3.63) is 47.4 Å². The first kappa shape index (κ1) is 16.2. The molecular weight excluding hydrogens is 312 g/mol. The summed E-state index contributed by atoms with van der Waals surface area (Å²) >= 11 is 0. The van der Waals surface area contributed by atoms with Crippen LogP contribution in [0.15, 0.2) is 30.5 Å². The second kappa shape index (κ2) is 6.92. The molecule has 1 fully saturated rings. The van der Waals surface area contributed by atoms with Crippen LogP contribution in [0.2, 0.25) is 0 Å². The zero-order valence-corrected chi connectivity index (χ0v) is 15.0. The minimum Gasteiger partial charge on any atom is -0.497 e. The fourth-order valence-corrected chi connectivity index (χ4v) is 3.94. The maximum Gasteiger partial charge on any atom is 0.120 e. The molecule has 3 heterocycles. The Morgan fingerprint density at radius 2 is 2.08 bits per heavy atom. The van der Waals surface area contributed by atoms with Crippen molar-refractivity contribution in [3.8, 4) is 5.75 Å². The molecule has 132 valence electrons. The average molecular weight is 338 g/mol. The van der Waals surface area contributed by atoms with Gasteiger partial charge in [-0.05, 0) is 62.5 Å². The summed E-state index contributed by atoms with van der Waals surface area (Å²) in [6, 6.07) is 8.47. The van der Waals surface area contributed by atoms with Crippen LogP contribution in [0.4, 0.5) is 0 Å². The molecule has 0 aliphatic carbocycles. The van der Waals surface area contributed by atoms with Gasteiger partial charge in [0.05, 0.1) is 12.8 Å². The molecule has 2 N–H and O–H groups in total. The molecule has 0 amide bonds. The van der Waals surface area contributed by atoms with Crippen LogP contribution in [-0.4, -0.2) is 46.8 Å². The summed E-state index contributed by atoms with van der Waals surface area (Å²) in [4.78, 5) is 5.98. The van der Waals surface area contributed by atoms with Crippen molar-refractivity contribution < 1.29 is 4.74 Å². The van der Waals surface area contributed by atoms with Gasteiger partial charge in [0.1, 0.15) is 5.75 Å². The number of benzene rings is 1. The molecule has 1 aliphatic heterocycles. The van der Waals surface area contributed by atoms with Crippen LogP contribution in [-0.2, 0) is 6.42 Å². The van der Waals surface area contributed by atoms with Crippen molar-refractivity contribution >= 4 is 10.9 Å². The van der Waals surface area contributed by atoms with Gasteiger partial charge in [-0.2, -0.15) is 5.10 Å². The Labute approximate surface area is 148 Å². The third kappa shape index (κ3) is 3.42. The molecule has 1 aliphatic rings. The first-order valence-electron chi connectivity index (χ1n) is 9.11. The summed E-state index contributed by atoms with van der Waals surface area (Å²) in [6.07, 6.45) is 5.66. The van der Waals surface area contributed by atoms with Crippen LogP contribution in [0, 0.1) is 6.92 Å². The lowest BCUT2D eigenvalue weighted by atomic mass is 9.89. The zero-order valence-electron chi connectivity index (χ0n) is 15.0. The Kier molecular flexibility index (Phi) is 4.49. The topological polar surface area (TPSA) is 56.9 Å². The summed E-state index contributed by atoms with van der Waals surface area (Å²) in [6.45, 7) is 5.48. The predicted octanol–water partition coefficient (Wildman–Crippen LogP) is 3.63. The van der Waals surface area contributed by atoms with Crippen molar-refractivity contribution in [2.24, 2.45) is 0 Å². The monoisotopic (exact) mass is 338 g/mol. The van der Waals surface area contributed by atoms with Crippen molar-refractivity contribution in [2.45, 2.75) is 32.1 Å². The molecule has 0 radical (unpaired) electrons. The quantitative estimate of drug-likeness (QED) is 0.747. The van der Waals surface area contributed by atoms with Gasteiger partial charge in [-0.1, -0.05) is 0 Å². The van der Waals surface area contributed by atoms with Crippen LogP contribution in [0.5, 0.6) is 5.75 Å². The number of aryl methyl sites for hydroxylation is 1. The van der Waals surface area contributed by atoms with Gasteiger partial charge in [-0.25, -0.2) is 0 Å². The minimum atomic E-state index is 0.644. The van der Waals surface area contributed by atoms with Gasteiger partial charge in [0.2, 0.25) is 0 Å². The molecule has 4 rings (SSSR count). The normalized spacial score (nSPS) is 16.6. The lowest BCUT2D eigenvalue weighted by Crippen LogP contribution is -2.34. The Morgan fingerprint density at radius 1 is 1.24 bits per heavy atom. The van der Waals surface area contributed by atoms with E-state index in [1.54, 1.807) is 7.11 Å². The van der Waals surface area contributed by atoms with Gasteiger partial charge < -0.3 is 14.6 Å². The third-order valence-electron chi connectivity index (χ3n) is 5.39. The lowest BCUT2D eigenvalue weighted by molar-refractivity contribution is 0.214. The molecule has 0 unspecified atom stereocenters. The number of nitrogens with zero attached hydrogens (tertiary/aromatic N) is 2. The molecule has 1 saturated heterocycles. The Balaban J connectivity index is 1.37. The van der Waals surface area contributed by atoms with E-state index >= 15 is 0 Å². The van der Waals surface area contributed by atoms with Crippen LogP contribution < -0.4 is 4.74 Å². The number of likely N-dealkylation sites (tertiary alicyclic amines) is 1. The molecule has 3 aromatic rings. The number of piperidine rings is 1. The molecule has 25 heavy (non-hydrogen) atoms. The summed E-state index contributed by atoms with van der Waals surface area (Å²) in [5.41, 5.74) is 4.95. The van der Waals surface area contributed by atoms with Gasteiger partial charge in [-0.3, -0.25) is 5.10 Å². The smallest absolute Gasteiger partial charge is 0.120 e. The fraction of sp³-hybridized carbons (Fsp3) is 0.450. The maximum absolute atomic E-state index is 5.32. The highest BCUT2D eigenvalue weighted by Gasteiger charge is 2.22. The van der Waals surface area contributed by atoms with Crippen LogP contribution in [0.25, 0.3) is 10.9 Å². The van der Waals surface area contributed by atoms with Crippen LogP contribution >= 0.6 is 0 Å². The van der Waals surface area contributed by atoms with Crippen molar-refractivity contribution in [1.29, 1.82) is 0 Å². The lowest BCUT2D eigenvalue weighted by Gasteiger charge is -2.31. The Hall–Kier alpha value is -2.27. The number of aromatic amines is 2. The average Bonchev–Trinajstić information content (AvgIpc) is 3.26. The maximum atomic E-state index is 5.32. The highest BCUT2D eigenvalue weighted by atomic mass is 16.5. The number of aromatic nitrogens is 3. The molecule has 0 bridgehead atoms. The van der Waals surface area contributed by atoms with Crippen molar-refractivity contribution in [1.82, 2.24) is 20.1 Å². The summed E-state index contributed by atoms with van der Waals surface area (Å²) in [5, 5.41) is 8.70. The van der Waals surface area contributed by atoms with E-state index in [1.807, 2.05) is 0 Å². The van der Waals surface area contributed by atoms with Crippen molar-refractivity contribution in [2.75, 3.05) is 26.7 Å². The SMILES string of the molecule is COc1ccc2c(C3CCN(CCc4cc(C)[nH]n4)CC3)c[nH]c2c1. The van der Waals surface area contributed by atoms with E-state index < -0.39 is 0 Å². The second-order valence-corrected chi connectivity index (χ2v) is 7.06. The molecular formula is C20H26N4O. The van der Waals surface area contributed by atoms with Gasteiger partial charge in [-0.15, -0.1) is 0 Å². The van der Waals surface area contributed by atoms with Gasteiger partial charge in [0, 0.05) is 41.8 Å². The van der Waals surface area contributed by atoms with E-state index in [2.05, 4.69) is 57.5 Å². The van der Waals surface area contributed by atoms with E-state index in [4.69, 9.17) is 4.74 Å². The number of hydrogen-bond donors (Lipinski definition) is 2. The number of fused-ring (bicyclic) bond motifs is 1. The van der Waals surface area contributed by atoms with Crippen LogP contribution in [0.3, 0.4) is 0 Å². The van der Waals surface area contributed by atoms with E-state index in [9.17, 15) is 0 Å². The highest BCUT2D eigenvalue weighted by Crippen LogP contribution is 2.34. The zero-order chi connectivity index (χ0) is 17.2. The standard InChI is InChI=1S/C20H26N4O/c1-14-11-16(23-22-14)7-10-24-8-5-15(6-9-24)19-13-21-20-12-17(25-2)3-4-18(19)20/h3-4,11-13,15,21H,5-10H2,1-2H3,(H,22,23). The van der Waals surface area contributed by atoms with E-state index in [0.29, 0.717) is 5.92 Å². The molecule has 0 spiro atoms. The molecule has 5 nitrogen and oxygen atoms in total. The number of ether oxygens (including phenoxy) is 1. The first-order chi connectivity index (χ1) is 12.2. The van der Waals surface area contributed by atoms with E-state index in [0.717, 1.165) is 37.5 Å². The second-order valence-electron chi connectivity index (χ2n) is 7.06. The number of hydrogen-bond acceptors (Lipinski definition) is 3. The largest absolute Gasteiger partial charge is 0.497 e. The summed E-state index contributed by atoms with van der Waals surface area (Å²) < 4.78 is 5.32. The number of nitrogens with one attached hydrogen (secondary N) is 2.